The number of para-hydroxylation sites is 1. The minimum absolute atomic E-state index is 0.448. The lowest BCUT2D eigenvalue weighted by molar-refractivity contribution is -0.138. The van der Waals surface area contributed by atoms with Crippen LogP contribution in [0.25, 0.3) is 0 Å². The van der Waals surface area contributed by atoms with E-state index in [2.05, 4.69) is 5.32 Å². The Kier molecular flexibility index (Phi) is 5.31. The number of nitrogens with one attached hydrogen (secondary N) is 1. The SMILES string of the molecule is C[C@@H](OC(=O)c1cc(O)ccc1C(F)(F)F)C(=O)Nc1ccccc1. The summed E-state index contributed by atoms with van der Waals surface area (Å²) in [6, 6.07) is 10.3. The van der Waals surface area contributed by atoms with E-state index >= 15 is 0 Å². The Labute approximate surface area is 141 Å². The molecule has 0 aliphatic heterocycles. The summed E-state index contributed by atoms with van der Waals surface area (Å²) < 4.78 is 43.7. The van der Waals surface area contributed by atoms with E-state index in [0.717, 1.165) is 6.07 Å². The van der Waals surface area contributed by atoms with E-state index in [1.807, 2.05) is 0 Å². The first kappa shape index (κ1) is 18.3. The molecule has 0 spiro atoms. The third-order valence-corrected chi connectivity index (χ3v) is 3.22. The minimum atomic E-state index is -4.81. The second-order valence-corrected chi connectivity index (χ2v) is 5.13. The van der Waals surface area contributed by atoms with E-state index < -0.39 is 41.0 Å². The van der Waals surface area contributed by atoms with Crippen LogP contribution in [0.15, 0.2) is 48.5 Å². The number of rotatable bonds is 4. The number of amides is 1. The molecule has 25 heavy (non-hydrogen) atoms. The molecule has 0 bridgehead atoms. The molecule has 0 saturated carbocycles. The molecule has 0 aromatic heterocycles. The van der Waals surface area contributed by atoms with E-state index in [-0.39, 0.29) is 0 Å². The maximum atomic E-state index is 13.0. The van der Waals surface area contributed by atoms with Crippen LogP contribution in [-0.2, 0) is 15.7 Å². The molecule has 0 radical (unpaired) electrons. The number of hydrogen-bond acceptors (Lipinski definition) is 4. The standard InChI is InChI=1S/C17H14F3NO4/c1-10(15(23)21-11-5-3-2-4-6-11)25-16(24)13-9-12(22)7-8-14(13)17(18,19)20/h2-10,22H,1H3,(H,21,23)/t10-/m1/s1. The van der Waals surface area contributed by atoms with Crippen molar-refractivity contribution in [3.8, 4) is 5.75 Å². The van der Waals surface area contributed by atoms with Crippen molar-refractivity contribution in [2.75, 3.05) is 5.32 Å². The zero-order valence-corrected chi connectivity index (χ0v) is 13.0. The van der Waals surface area contributed by atoms with E-state index in [0.29, 0.717) is 17.8 Å². The van der Waals surface area contributed by atoms with Crippen LogP contribution in [0.4, 0.5) is 18.9 Å². The quantitative estimate of drug-likeness (QED) is 0.824. The third-order valence-electron chi connectivity index (χ3n) is 3.22. The molecule has 0 aliphatic carbocycles. The largest absolute Gasteiger partial charge is 0.508 e. The Morgan fingerprint density at radius 1 is 1.12 bits per heavy atom. The first-order valence-electron chi connectivity index (χ1n) is 7.15. The molecule has 0 fully saturated rings. The Bertz CT molecular complexity index is 775. The molecule has 1 atom stereocenters. The fourth-order valence-corrected chi connectivity index (χ4v) is 1.99. The van der Waals surface area contributed by atoms with Crippen LogP contribution in [0.2, 0.25) is 0 Å². The Morgan fingerprint density at radius 2 is 1.76 bits per heavy atom. The van der Waals surface area contributed by atoms with E-state index in [1.165, 1.54) is 6.92 Å². The number of phenols is 1. The van der Waals surface area contributed by atoms with E-state index in [4.69, 9.17) is 4.74 Å². The molecule has 0 unspecified atom stereocenters. The topological polar surface area (TPSA) is 75.6 Å². The van der Waals surface area contributed by atoms with Crippen LogP contribution in [0, 0.1) is 0 Å². The van der Waals surface area contributed by atoms with Crippen LogP contribution < -0.4 is 5.32 Å². The molecule has 1 amide bonds. The number of carbonyl (C=O) groups excluding carboxylic acids is 2. The van der Waals surface area contributed by atoms with Crippen molar-refractivity contribution in [3.63, 3.8) is 0 Å². The summed E-state index contributed by atoms with van der Waals surface area (Å²) in [4.78, 5) is 24.0. The van der Waals surface area contributed by atoms with E-state index in [1.54, 1.807) is 30.3 Å². The Morgan fingerprint density at radius 3 is 2.36 bits per heavy atom. The number of alkyl halides is 3. The third kappa shape index (κ3) is 4.72. The lowest BCUT2D eigenvalue weighted by Crippen LogP contribution is -2.30. The maximum absolute atomic E-state index is 13.0. The number of halogens is 3. The van der Waals surface area contributed by atoms with Gasteiger partial charge in [0.05, 0.1) is 11.1 Å². The van der Waals surface area contributed by atoms with Crippen molar-refractivity contribution in [2.24, 2.45) is 0 Å². The van der Waals surface area contributed by atoms with Gasteiger partial charge in [0.1, 0.15) is 5.75 Å². The average Bonchev–Trinajstić information content (AvgIpc) is 2.54. The van der Waals surface area contributed by atoms with Crippen LogP contribution in [-0.4, -0.2) is 23.1 Å². The highest BCUT2D eigenvalue weighted by Crippen LogP contribution is 2.34. The monoisotopic (exact) mass is 353 g/mol. The molecule has 2 rings (SSSR count). The Balaban J connectivity index is 2.14. The van der Waals surface area contributed by atoms with E-state index in [9.17, 15) is 27.9 Å². The van der Waals surface area contributed by atoms with Crippen molar-refractivity contribution in [3.05, 3.63) is 59.7 Å². The maximum Gasteiger partial charge on any atom is 0.417 e. The van der Waals surface area contributed by atoms with Gasteiger partial charge >= 0.3 is 12.1 Å². The van der Waals surface area contributed by atoms with Crippen LogP contribution in [0.3, 0.4) is 0 Å². The first-order valence-corrected chi connectivity index (χ1v) is 7.15. The highest BCUT2D eigenvalue weighted by molar-refractivity contribution is 5.98. The summed E-state index contributed by atoms with van der Waals surface area (Å²) in [5.41, 5.74) is -1.68. The molecule has 0 aliphatic rings. The fourth-order valence-electron chi connectivity index (χ4n) is 1.99. The van der Waals surface area contributed by atoms with Gasteiger partial charge in [-0.3, -0.25) is 4.79 Å². The molecule has 132 valence electrons. The van der Waals surface area contributed by atoms with Crippen molar-refractivity contribution < 1.29 is 32.6 Å². The zero-order valence-electron chi connectivity index (χ0n) is 13.0. The lowest BCUT2D eigenvalue weighted by Gasteiger charge is -2.16. The number of anilines is 1. The minimum Gasteiger partial charge on any atom is -0.508 e. The number of carbonyl (C=O) groups is 2. The smallest absolute Gasteiger partial charge is 0.417 e. The number of ether oxygens (including phenoxy) is 1. The highest BCUT2D eigenvalue weighted by Gasteiger charge is 2.36. The lowest BCUT2D eigenvalue weighted by atomic mass is 10.1. The van der Waals surface area contributed by atoms with Crippen LogP contribution in [0.1, 0.15) is 22.8 Å². The summed E-state index contributed by atoms with van der Waals surface area (Å²) in [7, 11) is 0. The number of phenolic OH excluding ortho intramolecular Hbond substituents is 1. The van der Waals surface area contributed by atoms with Crippen LogP contribution in [0.5, 0.6) is 5.75 Å². The molecule has 0 saturated heterocycles. The molecular formula is C17H14F3NO4. The second-order valence-electron chi connectivity index (χ2n) is 5.13. The molecule has 0 heterocycles. The molecule has 2 N–H and O–H groups in total. The van der Waals surface area contributed by atoms with Gasteiger partial charge in [-0.05, 0) is 37.3 Å². The summed E-state index contributed by atoms with van der Waals surface area (Å²) >= 11 is 0. The number of aromatic hydroxyl groups is 1. The average molecular weight is 353 g/mol. The van der Waals surface area contributed by atoms with Gasteiger partial charge in [0, 0.05) is 5.69 Å². The number of benzene rings is 2. The predicted octanol–water partition coefficient (Wildman–Crippen LogP) is 3.60. The zero-order chi connectivity index (χ0) is 18.6. The van der Waals surface area contributed by atoms with Crippen molar-refractivity contribution in [1.82, 2.24) is 0 Å². The predicted molar refractivity (Wildman–Crippen MR) is 83.1 cm³/mol. The first-order chi connectivity index (χ1) is 11.7. The molecule has 8 heteroatoms. The van der Waals surface area contributed by atoms with Gasteiger partial charge < -0.3 is 15.2 Å². The normalized spacial score (nSPS) is 12.3. The fraction of sp³-hybridized carbons (Fsp3) is 0.176. The van der Waals surface area contributed by atoms with Gasteiger partial charge in [0.25, 0.3) is 5.91 Å². The number of esters is 1. The van der Waals surface area contributed by atoms with Crippen molar-refractivity contribution in [1.29, 1.82) is 0 Å². The molecule has 5 nitrogen and oxygen atoms in total. The van der Waals surface area contributed by atoms with Gasteiger partial charge in [0.15, 0.2) is 6.10 Å². The number of hydrogen-bond donors (Lipinski definition) is 2. The van der Waals surface area contributed by atoms with Gasteiger partial charge in [-0.1, -0.05) is 18.2 Å². The van der Waals surface area contributed by atoms with Gasteiger partial charge in [-0.2, -0.15) is 13.2 Å². The summed E-state index contributed by atoms with van der Waals surface area (Å²) in [5.74, 6) is -2.59. The summed E-state index contributed by atoms with van der Waals surface area (Å²) in [6.07, 6.45) is -6.14. The van der Waals surface area contributed by atoms with Gasteiger partial charge in [-0.25, -0.2) is 4.79 Å². The van der Waals surface area contributed by atoms with Gasteiger partial charge in [0.2, 0.25) is 0 Å². The molecule has 2 aromatic rings. The second kappa shape index (κ2) is 7.25. The van der Waals surface area contributed by atoms with Crippen LogP contribution >= 0.6 is 0 Å². The summed E-state index contributed by atoms with van der Waals surface area (Å²) in [5, 5.41) is 11.8. The molecule has 2 aromatic carbocycles. The van der Waals surface area contributed by atoms with Gasteiger partial charge in [-0.15, -0.1) is 0 Å². The summed E-state index contributed by atoms with van der Waals surface area (Å²) in [6.45, 7) is 1.23. The highest BCUT2D eigenvalue weighted by atomic mass is 19.4. The van der Waals surface area contributed by atoms with Crippen molar-refractivity contribution >= 4 is 17.6 Å². The van der Waals surface area contributed by atoms with Crippen molar-refractivity contribution in [2.45, 2.75) is 19.2 Å². The Hall–Kier alpha value is -3.03. The molecular weight excluding hydrogens is 339 g/mol.